The van der Waals surface area contributed by atoms with Crippen LogP contribution in [0.15, 0.2) is 36.4 Å². The van der Waals surface area contributed by atoms with Crippen LogP contribution in [0.25, 0.3) is 0 Å². The van der Waals surface area contributed by atoms with E-state index in [4.69, 9.17) is 15.2 Å². The molecule has 0 aliphatic carbocycles. The quantitative estimate of drug-likeness (QED) is 0.846. The zero-order chi connectivity index (χ0) is 14.5. The van der Waals surface area contributed by atoms with Crippen molar-refractivity contribution in [3.63, 3.8) is 0 Å². The van der Waals surface area contributed by atoms with Crippen LogP contribution in [0.4, 0.5) is 5.69 Å². The predicted octanol–water partition coefficient (Wildman–Crippen LogP) is 3.52. The number of nitrogens with two attached hydrogens (primary N) is 1. The average Bonchev–Trinajstić information content (AvgIpc) is 2.45. The van der Waals surface area contributed by atoms with E-state index in [0.717, 1.165) is 34.7 Å². The molecule has 0 amide bonds. The van der Waals surface area contributed by atoms with Gasteiger partial charge in [0.05, 0.1) is 13.7 Å². The van der Waals surface area contributed by atoms with Gasteiger partial charge in [-0.1, -0.05) is 12.1 Å². The Balaban J connectivity index is 1.94. The fourth-order valence-corrected chi connectivity index (χ4v) is 2.04. The van der Waals surface area contributed by atoms with Crippen molar-refractivity contribution in [2.24, 2.45) is 0 Å². The molecule has 0 heterocycles. The second kappa shape index (κ2) is 6.33. The van der Waals surface area contributed by atoms with Crippen molar-refractivity contribution in [2.45, 2.75) is 20.3 Å². The summed E-state index contributed by atoms with van der Waals surface area (Å²) in [5.41, 5.74) is 10.0. The molecule has 0 saturated carbocycles. The molecule has 0 fully saturated rings. The molecule has 2 aromatic carbocycles. The summed E-state index contributed by atoms with van der Waals surface area (Å²) in [6, 6.07) is 12.0. The second-order valence-electron chi connectivity index (χ2n) is 4.92. The highest BCUT2D eigenvalue weighted by Crippen LogP contribution is 2.24. The number of hydrogen-bond acceptors (Lipinski definition) is 3. The van der Waals surface area contributed by atoms with Gasteiger partial charge in [-0.15, -0.1) is 0 Å². The van der Waals surface area contributed by atoms with Crippen LogP contribution in [0.2, 0.25) is 0 Å². The molecular formula is C17H21NO2. The Bertz CT molecular complexity index is 576. The lowest BCUT2D eigenvalue weighted by molar-refractivity contribution is 0.319. The Labute approximate surface area is 120 Å². The molecule has 2 rings (SSSR count). The van der Waals surface area contributed by atoms with Crippen LogP contribution in [0, 0.1) is 13.8 Å². The molecule has 20 heavy (non-hydrogen) atoms. The molecule has 0 atom stereocenters. The number of hydrogen-bond donors (Lipinski definition) is 1. The summed E-state index contributed by atoms with van der Waals surface area (Å²) in [5, 5.41) is 0. The summed E-state index contributed by atoms with van der Waals surface area (Å²) < 4.78 is 11.0. The van der Waals surface area contributed by atoms with Gasteiger partial charge in [-0.05, 0) is 54.8 Å². The molecule has 3 nitrogen and oxygen atoms in total. The molecule has 3 heteroatoms. The van der Waals surface area contributed by atoms with E-state index in [1.165, 1.54) is 5.56 Å². The lowest BCUT2D eigenvalue weighted by Crippen LogP contribution is -2.03. The Hall–Kier alpha value is -2.16. The Morgan fingerprint density at radius 1 is 1.00 bits per heavy atom. The van der Waals surface area contributed by atoms with Crippen LogP contribution >= 0.6 is 0 Å². The third kappa shape index (κ3) is 3.44. The van der Waals surface area contributed by atoms with Crippen molar-refractivity contribution < 1.29 is 9.47 Å². The highest BCUT2D eigenvalue weighted by molar-refractivity contribution is 5.53. The van der Waals surface area contributed by atoms with Crippen molar-refractivity contribution in [2.75, 3.05) is 19.5 Å². The van der Waals surface area contributed by atoms with E-state index >= 15 is 0 Å². The van der Waals surface area contributed by atoms with Crippen molar-refractivity contribution in [1.29, 1.82) is 0 Å². The number of methoxy groups -OCH3 is 1. The van der Waals surface area contributed by atoms with Crippen molar-refractivity contribution in [3.8, 4) is 11.5 Å². The number of ether oxygens (including phenoxy) is 2. The lowest BCUT2D eigenvalue weighted by atomic mass is 10.1. The third-order valence-electron chi connectivity index (χ3n) is 3.37. The monoisotopic (exact) mass is 271 g/mol. The van der Waals surface area contributed by atoms with Crippen LogP contribution in [0.5, 0.6) is 11.5 Å². The third-order valence-corrected chi connectivity index (χ3v) is 3.37. The van der Waals surface area contributed by atoms with Gasteiger partial charge in [-0.25, -0.2) is 0 Å². The number of anilines is 1. The largest absolute Gasteiger partial charge is 0.497 e. The van der Waals surface area contributed by atoms with Crippen LogP contribution in [0.1, 0.15) is 16.7 Å². The van der Waals surface area contributed by atoms with Crippen molar-refractivity contribution >= 4 is 5.69 Å². The number of aryl methyl sites for hydroxylation is 2. The molecule has 0 aliphatic rings. The SMILES string of the molecule is COc1ccc(CCOc2cc(C)c(N)cc2C)cc1. The van der Waals surface area contributed by atoms with Gasteiger partial charge in [0.1, 0.15) is 11.5 Å². The summed E-state index contributed by atoms with van der Waals surface area (Å²) >= 11 is 0. The van der Waals surface area contributed by atoms with Crippen LogP contribution in [-0.2, 0) is 6.42 Å². The summed E-state index contributed by atoms with van der Waals surface area (Å²) in [7, 11) is 1.67. The maximum atomic E-state index is 5.87. The molecule has 0 bridgehead atoms. The first-order valence-corrected chi connectivity index (χ1v) is 6.72. The van der Waals surface area contributed by atoms with Crippen LogP contribution in [-0.4, -0.2) is 13.7 Å². The van der Waals surface area contributed by atoms with Crippen LogP contribution < -0.4 is 15.2 Å². The molecule has 2 aromatic rings. The number of benzene rings is 2. The minimum Gasteiger partial charge on any atom is -0.497 e. The molecule has 0 aliphatic heterocycles. The number of nitrogen functional groups attached to an aromatic ring is 1. The Morgan fingerprint density at radius 3 is 2.35 bits per heavy atom. The zero-order valence-electron chi connectivity index (χ0n) is 12.3. The average molecular weight is 271 g/mol. The van der Waals surface area contributed by atoms with Gasteiger partial charge in [-0.2, -0.15) is 0 Å². The summed E-state index contributed by atoms with van der Waals surface area (Å²) in [6.45, 7) is 4.65. The van der Waals surface area contributed by atoms with Gasteiger partial charge < -0.3 is 15.2 Å². The number of rotatable bonds is 5. The lowest BCUT2D eigenvalue weighted by Gasteiger charge is -2.11. The van der Waals surface area contributed by atoms with Gasteiger partial charge in [0.2, 0.25) is 0 Å². The van der Waals surface area contributed by atoms with Crippen LogP contribution in [0.3, 0.4) is 0 Å². The Kier molecular flexibility index (Phi) is 4.51. The van der Waals surface area contributed by atoms with Gasteiger partial charge in [0, 0.05) is 12.1 Å². The first-order valence-electron chi connectivity index (χ1n) is 6.72. The molecule has 0 unspecified atom stereocenters. The molecule has 0 spiro atoms. The first-order chi connectivity index (χ1) is 9.60. The van der Waals surface area contributed by atoms with Crippen molar-refractivity contribution in [1.82, 2.24) is 0 Å². The second-order valence-corrected chi connectivity index (χ2v) is 4.92. The van der Waals surface area contributed by atoms with E-state index < -0.39 is 0 Å². The van der Waals surface area contributed by atoms with Gasteiger partial charge in [0.25, 0.3) is 0 Å². The smallest absolute Gasteiger partial charge is 0.122 e. The minimum absolute atomic E-state index is 0.649. The van der Waals surface area contributed by atoms with Crippen molar-refractivity contribution in [3.05, 3.63) is 53.1 Å². The summed E-state index contributed by atoms with van der Waals surface area (Å²) in [4.78, 5) is 0. The Morgan fingerprint density at radius 2 is 1.70 bits per heavy atom. The molecule has 2 N–H and O–H groups in total. The molecular weight excluding hydrogens is 250 g/mol. The maximum absolute atomic E-state index is 5.87. The van der Waals surface area contributed by atoms with E-state index in [1.54, 1.807) is 7.11 Å². The molecule has 106 valence electrons. The molecule has 0 aromatic heterocycles. The standard InChI is InChI=1S/C17H21NO2/c1-12-11-17(13(2)10-16(12)18)20-9-8-14-4-6-15(19-3)7-5-14/h4-7,10-11H,8-9,18H2,1-3H3. The summed E-state index contributed by atoms with van der Waals surface area (Å²) in [6.07, 6.45) is 0.868. The highest BCUT2D eigenvalue weighted by atomic mass is 16.5. The van der Waals surface area contributed by atoms with E-state index in [9.17, 15) is 0 Å². The first kappa shape index (κ1) is 14.3. The topological polar surface area (TPSA) is 44.5 Å². The summed E-state index contributed by atoms with van der Waals surface area (Å²) in [5.74, 6) is 1.78. The van der Waals surface area contributed by atoms with Gasteiger partial charge in [0.15, 0.2) is 0 Å². The van der Waals surface area contributed by atoms with E-state index in [2.05, 4.69) is 12.1 Å². The van der Waals surface area contributed by atoms with E-state index in [-0.39, 0.29) is 0 Å². The molecule has 0 saturated heterocycles. The van der Waals surface area contributed by atoms with E-state index in [0.29, 0.717) is 6.61 Å². The predicted molar refractivity (Wildman–Crippen MR) is 82.5 cm³/mol. The fraction of sp³-hybridized carbons (Fsp3) is 0.294. The zero-order valence-corrected chi connectivity index (χ0v) is 12.3. The van der Waals surface area contributed by atoms with Gasteiger partial charge >= 0.3 is 0 Å². The molecule has 0 radical (unpaired) electrons. The minimum atomic E-state index is 0.649. The maximum Gasteiger partial charge on any atom is 0.122 e. The highest BCUT2D eigenvalue weighted by Gasteiger charge is 2.03. The normalized spacial score (nSPS) is 10.3. The van der Waals surface area contributed by atoms with E-state index in [1.807, 2.05) is 38.1 Å². The van der Waals surface area contributed by atoms with Gasteiger partial charge in [-0.3, -0.25) is 0 Å². The fourth-order valence-electron chi connectivity index (χ4n) is 2.04.